The molecule has 0 radical (unpaired) electrons. The Hall–Kier alpha value is -1.66. The normalized spacial score (nSPS) is 13.1. The molecule has 0 unspecified atom stereocenters. The molecule has 0 saturated heterocycles. The molecule has 0 N–H and O–H groups in total. The van der Waals surface area contributed by atoms with Crippen molar-refractivity contribution in [3.8, 4) is 17.6 Å². The quantitative estimate of drug-likeness (QED) is 0.665. The predicted octanol–water partition coefficient (Wildman–Crippen LogP) is 2.61. The fourth-order valence-electron chi connectivity index (χ4n) is 1.19. The Morgan fingerprint density at radius 2 is 2.07 bits per heavy atom. The van der Waals surface area contributed by atoms with Crippen molar-refractivity contribution >= 4 is 17.7 Å². The van der Waals surface area contributed by atoms with E-state index >= 15 is 0 Å². The summed E-state index contributed by atoms with van der Waals surface area (Å²) < 4.78 is 10.3. The third-order valence-corrected chi connectivity index (χ3v) is 2.16. The molecular weight excluding hydrogens is 202 g/mol. The van der Waals surface area contributed by atoms with Crippen molar-refractivity contribution in [3.05, 3.63) is 28.8 Å². The summed E-state index contributed by atoms with van der Waals surface area (Å²) in [5.41, 5.74) is 0.748. The van der Waals surface area contributed by atoms with E-state index in [0.717, 1.165) is 5.56 Å². The lowest BCUT2D eigenvalue weighted by atomic mass is 10.2. The van der Waals surface area contributed by atoms with Gasteiger partial charge in [-0.15, -0.1) is 0 Å². The third kappa shape index (κ3) is 1.52. The smallest absolute Gasteiger partial charge is 0.231 e. The summed E-state index contributed by atoms with van der Waals surface area (Å²) in [6.45, 7) is 0.219. The number of benzene rings is 1. The van der Waals surface area contributed by atoms with Gasteiger partial charge in [0.05, 0.1) is 11.1 Å². The van der Waals surface area contributed by atoms with Gasteiger partial charge in [0.1, 0.15) is 0 Å². The van der Waals surface area contributed by atoms with Gasteiger partial charge in [-0.25, -0.2) is 0 Å². The molecule has 1 heterocycles. The Labute approximate surface area is 86.1 Å². The van der Waals surface area contributed by atoms with Gasteiger partial charge in [-0.2, -0.15) is 5.26 Å². The van der Waals surface area contributed by atoms with Crippen molar-refractivity contribution in [2.24, 2.45) is 0 Å². The second kappa shape index (κ2) is 3.60. The van der Waals surface area contributed by atoms with E-state index in [4.69, 9.17) is 26.3 Å². The first-order valence-corrected chi connectivity index (χ1v) is 4.34. The highest BCUT2D eigenvalue weighted by Gasteiger charge is 2.15. The number of ether oxygens (including phenoxy) is 2. The predicted molar refractivity (Wildman–Crippen MR) is 52.2 cm³/mol. The fourth-order valence-corrected chi connectivity index (χ4v) is 1.40. The maximum absolute atomic E-state index is 8.38. The minimum atomic E-state index is 0.219. The first-order chi connectivity index (χ1) is 6.81. The molecule has 70 valence electrons. The second-order valence-corrected chi connectivity index (χ2v) is 3.10. The molecule has 0 aliphatic carbocycles. The average Bonchev–Trinajstić information content (AvgIpc) is 2.61. The standard InChI is InChI=1S/C10H6ClNO2/c11-8-5-10-9(13-6-14-10)4-7(8)2-1-3-12/h1-2,4-5H,6H2. The first-order valence-electron chi connectivity index (χ1n) is 3.96. The van der Waals surface area contributed by atoms with E-state index in [-0.39, 0.29) is 6.79 Å². The summed E-state index contributed by atoms with van der Waals surface area (Å²) in [7, 11) is 0. The van der Waals surface area contributed by atoms with Crippen molar-refractivity contribution < 1.29 is 9.47 Å². The molecular formula is C10H6ClNO2. The van der Waals surface area contributed by atoms with Gasteiger partial charge in [-0.05, 0) is 17.7 Å². The monoisotopic (exact) mass is 207 g/mol. The molecule has 0 fully saturated rings. The Morgan fingerprint density at radius 3 is 2.79 bits per heavy atom. The number of rotatable bonds is 1. The molecule has 1 aromatic rings. The number of fused-ring (bicyclic) bond motifs is 1. The first kappa shape index (κ1) is 8.92. The molecule has 2 rings (SSSR count). The Bertz CT molecular complexity index is 434. The van der Waals surface area contributed by atoms with Crippen LogP contribution in [-0.2, 0) is 0 Å². The van der Waals surface area contributed by atoms with Gasteiger partial charge in [-0.1, -0.05) is 11.6 Å². The van der Waals surface area contributed by atoms with Crippen LogP contribution in [0.4, 0.5) is 0 Å². The Balaban J connectivity index is 2.43. The summed E-state index contributed by atoms with van der Waals surface area (Å²) in [6.07, 6.45) is 2.99. The van der Waals surface area contributed by atoms with Crippen molar-refractivity contribution in [3.63, 3.8) is 0 Å². The van der Waals surface area contributed by atoms with Crippen LogP contribution in [0.1, 0.15) is 5.56 Å². The lowest BCUT2D eigenvalue weighted by Crippen LogP contribution is -1.92. The molecule has 1 aromatic carbocycles. The summed E-state index contributed by atoms with van der Waals surface area (Å²) in [5, 5.41) is 8.92. The zero-order valence-electron chi connectivity index (χ0n) is 7.16. The van der Waals surface area contributed by atoms with E-state index in [1.165, 1.54) is 6.08 Å². The van der Waals surface area contributed by atoms with Gasteiger partial charge in [0, 0.05) is 12.1 Å². The maximum Gasteiger partial charge on any atom is 0.231 e. The van der Waals surface area contributed by atoms with E-state index in [0.29, 0.717) is 16.5 Å². The van der Waals surface area contributed by atoms with Crippen molar-refractivity contribution in [2.45, 2.75) is 0 Å². The molecule has 1 aliphatic rings. The molecule has 14 heavy (non-hydrogen) atoms. The van der Waals surface area contributed by atoms with Gasteiger partial charge in [0.25, 0.3) is 0 Å². The molecule has 1 aliphatic heterocycles. The number of hydrogen-bond donors (Lipinski definition) is 0. The van der Waals surface area contributed by atoms with Crippen LogP contribution in [0.15, 0.2) is 18.2 Å². The molecule has 0 bridgehead atoms. The maximum atomic E-state index is 8.38. The molecule has 4 heteroatoms. The highest BCUT2D eigenvalue weighted by atomic mass is 35.5. The Morgan fingerprint density at radius 1 is 1.36 bits per heavy atom. The number of allylic oxidation sites excluding steroid dienone is 1. The molecule has 0 spiro atoms. The SMILES string of the molecule is N#CC=Cc1cc2c(cc1Cl)OCO2. The zero-order valence-corrected chi connectivity index (χ0v) is 7.91. The highest BCUT2D eigenvalue weighted by molar-refractivity contribution is 6.32. The van der Waals surface area contributed by atoms with E-state index < -0.39 is 0 Å². The number of halogens is 1. The summed E-state index contributed by atoms with van der Waals surface area (Å²) in [4.78, 5) is 0. The average molecular weight is 208 g/mol. The topological polar surface area (TPSA) is 42.2 Å². The minimum Gasteiger partial charge on any atom is -0.454 e. The van der Waals surface area contributed by atoms with Crippen molar-refractivity contribution in [1.29, 1.82) is 5.26 Å². The molecule has 0 saturated carbocycles. The van der Waals surface area contributed by atoms with Gasteiger partial charge in [0.15, 0.2) is 11.5 Å². The van der Waals surface area contributed by atoms with E-state index in [9.17, 15) is 0 Å². The van der Waals surface area contributed by atoms with Crippen LogP contribution in [0.25, 0.3) is 6.08 Å². The molecule has 3 nitrogen and oxygen atoms in total. The van der Waals surface area contributed by atoms with Gasteiger partial charge < -0.3 is 9.47 Å². The van der Waals surface area contributed by atoms with Crippen LogP contribution in [0.3, 0.4) is 0 Å². The second-order valence-electron chi connectivity index (χ2n) is 2.69. The highest BCUT2D eigenvalue weighted by Crippen LogP contribution is 2.37. The third-order valence-electron chi connectivity index (χ3n) is 1.83. The number of hydrogen-bond acceptors (Lipinski definition) is 3. The molecule has 0 amide bonds. The van der Waals surface area contributed by atoms with Crippen molar-refractivity contribution in [1.82, 2.24) is 0 Å². The van der Waals surface area contributed by atoms with Crippen molar-refractivity contribution in [2.75, 3.05) is 6.79 Å². The fraction of sp³-hybridized carbons (Fsp3) is 0.100. The van der Waals surface area contributed by atoms with Crippen LogP contribution >= 0.6 is 11.6 Å². The summed E-state index contributed by atoms with van der Waals surface area (Å²) >= 11 is 5.95. The van der Waals surface area contributed by atoms with Crippen LogP contribution in [0, 0.1) is 11.3 Å². The van der Waals surface area contributed by atoms with Gasteiger partial charge in [0.2, 0.25) is 6.79 Å². The lowest BCUT2D eigenvalue weighted by Gasteiger charge is -2.00. The van der Waals surface area contributed by atoms with Crippen LogP contribution in [0.5, 0.6) is 11.5 Å². The zero-order chi connectivity index (χ0) is 9.97. The van der Waals surface area contributed by atoms with E-state index in [2.05, 4.69) is 0 Å². The lowest BCUT2D eigenvalue weighted by molar-refractivity contribution is 0.174. The minimum absolute atomic E-state index is 0.219. The Kier molecular flexibility index (Phi) is 2.30. The summed E-state index contributed by atoms with van der Waals surface area (Å²) in [6, 6.07) is 5.33. The van der Waals surface area contributed by atoms with Gasteiger partial charge >= 0.3 is 0 Å². The van der Waals surface area contributed by atoms with Crippen LogP contribution in [0.2, 0.25) is 5.02 Å². The largest absolute Gasteiger partial charge is 0.454 e. The number of nitriles is 1. The molecule has 0 aromatic heterocycles. The van der Waals surface area contributed by atoms with Gasteiger partial charge in [-0.3, -0.25) is 0 Å². The number of nitrogens with zero attached hydrogens (tertiary/aromatic N) is 1. The molecule has 0 atom stereocenters. The van der Waals surface area contributed by atoms with E-state index in [1.54, 1.807) is 18.2 Å². The van der Waals surface area contributed by atoms with Crippen LogP contribution < -0.4 is 9.47 Å². The van der Waals surface area contributed by atoms with Crippen LogP contribution in [-0.4, -0.2) is 6.79 Å². The van der Waals surface area contributed by atoms with E-state index in [1.807, 2.05) is 6.07 Å². The summed E-state index contributed by atoms with van der Waals surface area (Å²) in [5.74, 6) is 1.30.